The summed E-state index contributed by atoms with van der Waals surface area (Å²) in [7, 11) is -4.02. The van der Waals surface area contributed by atoms with Gasteiger partial charge in [0.1, 0.15) is 0 Å². The molecule has 0 radical (unpaired) electrons. The Morgan fingerprint density at radius 2 is 1.91 bits per heavy atom. The molecule has 0 saturated carbocycles. The molecule has 1 unspecified atom stereocenters. The monoisotopic (exact) mass is 471 g/mol. The van der Waals surface area contributed by atoms with Crippen molar-refractivity contribution < 1.29 is 18.1 Å². The van der Waals surface area contributed by atoms with Crippen LogP contribution < -0.4 is 4.72 Å². The molecular weight excluding hydrogens is 450 g/mol. The van der Waals surface area contributed by atoms with Crippen LogP contribution in [0.15, 0.2) is 58.8 Å². The van der Waals surface area contributed by atoms with Crippen LogP contribution in [-0.2, 0) is 16.4 Å². The number of nitro benzene ring substituents is 1. The Morgan fingerprint density at radius 1 is 1.19 bits per heavy atom. The SMILES string of the molecule is Cc1ccc(S(=O)(=O)Nc2ccc(C(=O)N3CCc4sccc4C3C)cc2)cc1[N+](=O)[O-]. The third-order valence-electron chi connectivity index (χ3n) is 5.61. The predicted octanol–water partition coefficient (Wildman–Crippen LogP) is 4.53. The minimum Gasteiger partial charge on any atom is -0.331 e. The Kier molecular flexibility index (Phi) is 5.74. The van der Waals surface area contributed by atoms with Gasteiger partial charge in [0.05, 0.1) is 15.9 Å². The number of aryl methyl sites for hydroxylation is 1. The van der Waals surface area contributed by atoms with Gasteiger partial charge in [-0.2, -0.15) is 0 Å². The van der Waals surface area contributed by atoms with Gasteiger partial charge in [0.2, 0.25) is 0 Å². The molecule has 0 saturated heterocycles. The molecule has 0 fully saturated rings. The van der Waals surface area contributed by atoms with Gasteiger partial charge in [-0.1, -0.05) is 6.07 Å². The minimum atomic E-state index is -4.02. The maximum atomic E-state index is 13.0. The molecule has 1 aliphatic rings. The molecule has 1 aliphatic heterocycles. The molecule has 1 aromatic heterocycles. The van der Waals surface area contributed by atoms with E-state index >= 15 is 0 Å². The fourth-order valence-corrected chi connectivity index (χ4v) is 5.84. The lowest BCUT2D eigenvalue weighted by molar-refractivity contribution is -0.385. The third-order valence-corrected chi connectivity index (χ3v) is 7.99. The van der Waals surface area contributed by atoms with Gasteiger partial charge in [-0.25, -0.2) is 8.42 Å². The van der Waals surface area contributed by atoms with Crippen LogP contribution in [0.2, 0.25) is 0 Å². The van der Waals surface area contributed by atoms with Crippen molar-refractivity contribution in [2.75, 3.05) is 11.3 Å². The second-order valence-corrected chi connectivity index (χ2v) is 10.3. The molecule has 8 nitrogen and oxygen atoms in total. The molecule has 2 heterocycles. The van der Waals surface area contributed by atoms with Crippen molar-refractivity contribution in [2.24, 2.45) is 0 Å². The molecule has 166 valence electrons. The Balaban J connectivity index is 1.51. The molecule has 32 heavy (non-hydrogen) atoms. The van der Waals surface area contributed by atoms with Crippen LogP contribution in [0.3, 0.4) is 0 Å². The van der Waals surface area contributed by atoms with Gasteiger partial charge in [0.15, 0.2) is 0 Å². The van der Waals surface area contributed by atoms with E-state index < -0.39 is 14.9 Å². The van der Waals surface area contributed by atoms with E-state index in [2.05, 4.69) is 10.8 Å². The first-order valence-corrected chi connectivity index (χ1v) is 12.3. The number of amides is 1. The number of anilines is 1. The smallest absolute Gasteiger partial charge is 0.273 e. The summed E-state index contributed by atoms with van der Waals surface area (Å²) in [6.07, 6.45) is 0.823. The number of carbonyl (C=O) groups is 1. The quantitative estimate of drug-likeness (QED) is 0.434. The third kappa shape index (κ3) is 4.11. The number of nitro groups is 1. The normalized spacial score (nSPS) is 15.8. The largest absolute Gasteiger partial charge is 0.331 e. The molecule has 0 aliphatic carbocycles. The lowest BCUT2D eigenvalue weighted by Crippen LogP contribution is -2.38. The number of nitrogens with one attached hydrogen (secondary N) is 1. The van der Waals surface area contributed by atoms with Crippen molar-refractivity contribution in [3.05, 3.63) is 85.6 Å². The van der Waals surface area contributed by atoms with Gasteiger partial charge < -0.3 is 4.90 Å². The van der Waals surface area contributed by atoms with E-state index in [9.17, 15) is 23.3 Å². The maximum absolute atomic E-state index is 13.0. The van der Waals surface area contributed by atoms with Gasteiger partial charge >= 0.3 is 0 Å². The summed E-state index contributed by atoms with van der Waals surface area (Å²) in [6.45, 7) is 4.18. The zero-order valence-electron chi connectivity index (χ0n) is 17.4. The van der Waals surface area contributed by atoms with E-state index in [4.69, 9.17) is 0 Å². The summed E-state index contributed by atoms with van der Waals surface area (Å²) < 4.78 is 27.8. The summed E-state index contributed by atoms with van der Waals surface area (Å²) in [5, 5.41) is 13.2. The van der Waals surface area contributed by atoms with Gasteiger partial charge in [-0.15, -0.1) is 11.3 Å². The highest BCUT2D eigenvalue weighted by molar-refractivity contribution is 7.92. The topological polar surface area (TPSA) is 110 Å². The first kappa shape index (κ1) is 22.0. The Labute approximate surface area is 189 Å². The van der Waals surface area contributed by atoms with E-state index in [0.717, 1.165) is 12.5 Å². The zero-order chi connectivity index (χ0) is 23.0. The molecule has 1 amide bonds. The summed E-state index contributed by atoms with van der Waals surface area (Å²) >= 11 is 1.71. The van der Waals surface area contributed by atoms with E-state index in [1.54, 1.807) is 30.4 Å². The summed E-state index contributed by atoms with van der Waals surface area (Å²) in [5.41, 5.74) is 2.00. The number of nitrogens with zero attached hydrogens (tertiary/aromatic N) is 2. The Hall–Kier alpha value is -3.24. The average Bonchev–Trinajstić information content (AvgIpc) is 3.23. The second-order valence-electron chi connectivity index (χ2n) is 7.61. The molecule has 0 bridgehead atoms. The number of sulfonamides is 1. The number of thiophene rings is 1. The lowest BCUT2D eigenvalue weighted by Gasteiger charge is -2.33. The highest BCUT2D eigenvalue weighted by Gasteiger charge is 2.29. The number of fused-ring (bicyclic) bond motifs is 1. The van der Waals surface area contributed by atoms with Crippen molar-refractivity contribution in [1.82, 2.24) is 4.90 Å². The van der Waals surface area contributed by atoms with Crippen LogP contribution in [-0.4, -0.2) is 30.7 Å². The van der Waals surface area contributed by atoms with Crippen molar-refractivity contribution in [3.8, 4) is 0 Å². The Morgan fingerprint density at radius 3 is 2.59 bits per heavy atom. The van der Waals surface area contributed by atoms with E-state index in [1.807, 2.05) is 17.2 Å². The van der Waals surface area contributed by atoms with E-state index in [1.165, 1.54) is 34.7 Å². The van der Waals surface area contributed by atoms with Gasteiger partial charge in [0.25, 0.3) is 21.6 Å². The number of rotatable bonds is 5. The Bertz CT molecular complexity index is 1300. The molecule has 1 N–H and O–H groups in total. The van der Waals surface area contributed by atoms with Crippen molar-refractivity contribution in [2.45, 2.75) is 31.2 Å². The van der Waals surface area contributed by atoms with Gasteiger partial charge in [-0.3, -0.25) is 19.6 Å². The average molecular weight is 472 g/mol. The first-order valence-electron chi connectivity index (χ1n) is 9.92. The fourth-order valence-electron chi connectivity index (χ4n) is 3.80. The fraction of sp³-hybridized carbons (Fsp3) is 0.227. The molecule has 1 atom stereocenters. The van der Waals surface area contributed by atoms with E-state index in [-0.39, 0.29) is 28.2 Å². The van der Waals surface area contributed by atoms with Crippen LogP contribution in [0.4, 0.5) is 11.4 Å². The van der Waals surface area contributed by atoms with Crippen LogP contribution in [0, 0.1) is 17.0 Å². The van der Waals surface area contributed by atoms with Gasteiger partial charge in [0, 0.05) is 34.3 Å². The molecule has 0 spiro atoms. The maximum Gasteiger partial charge on any atom is 0.273 e. The van der Waals surface area contributed by atoms with Crippen LogP contribution >= 0.6 is 11.3 Å². The lowest BCUT2D eigenvalue weighted by atomic mass is 10.0. The van der Waals surface area contributed by atoms with Crippen molar-refractivity contribution in [3.63, 3.8) is 0 Å². The molecule has 2 aromatic carbocycles. The number of benzene rings is 2. The van der Waals surface area contributed by atoms with Crippen LogP contribution in [0.5, 0.6) is 0 Å². The summed E-state index contributed by atoms with van der Waals surface area (Å²) in [6, 6.07) is 12.0. The minimum absolute atomic E-state index is 0.0204. The van der Waals surface area contributed by atoms with E-state index in [0.29, 0.717) is 17.7 Å². The number of hydrogen-bond acceptors (Lipinski definition) is 6. The van der Waals surface area contributed by atoms with Crippen LogP contribution in [0.25, 0.3) is 0 Å². The highest BCUT2D eigenvalue weighted by atomic mass is 32.2. The summed E-state index contributed by atoms with van der Waals surface area (Å²) in [5.74, 6) is -0.113. The predicted molar refractivity (Wildman–Crippen MR) is 123 cm³/mol. The first-order chi connectivity index (χ1) is 15.2. The molecular formula is C22H21N3O5S2. The van der Waals surface area contributed by atoms with Crippen molar-refractivity contribution in [1.29, 1.82) is 0 Å². The highest BCUT2D eigenvalue weighted by Crippen LogP contribution is 2.34. The zero-order valence-corrected chi connectivity index (χ0v) is 19.1. The summed E-state index contributed by atoms with van der Waals surface area (Å²) in [4.78, 5) is 26.4. The second kappa shape index (κ2) is 8.36. The molecule has 10 heteroatoms. The number of carbonyl (C=O) groups excluding carboxylic acids is 1. The molecule has 4 rings (SSSR count). The number of hydrogen-bond donors (Lipinski definition) is 1. The standard InChI is InChI=1S/C22H21N3O5S2/c1-14-3-8-18(13-20(14)25(27)28)32(29,30)23-17-6-4-16(5-7-17)22(26)24-11-9-21-19(15(24)2)10-12-31-21/h3-8,10,12-13,15,23H,9,11H2,1-2H3. The molecule has 3 aromatic rings. The van der Waals surface area contributed by atoms with Crippen molar-refractivity contribution >= 4 is 38.6 Å². The van der Waals surface area contributed by atoms with Gasteiger partial charge in [-0.05, 0) is 67.6 Å². The van der Waals surface area contributed by atoms with Crippen LogP contribution in [0.1, 0.15) is 39.3 Å².